The fourth-order valence-corrected chi connectivity index (χ4v) is 4.79. The number of halogens is 5. The van der Waals surface area contributed by atoms with Crippen LogP contribution < -0.4 is 5.32 Å². The first-order valence-electron chi connectivity index (χ1n) is 7.96. The normalized spacial score (nSPS) is 21.2. The smallest absolute Gasteiger partial charge is 0.392 e. The Bertz CT molecular complexity index is 877. The Balaban J connectivity index is 2.34. The standard InChI is InChI=1S/C15H17Cl2F3N2O5S/c1-14(25,15(18,19)20)13(24)21-9-4-5-10(12(17)11(9)16)28(26,27)22-6-2-3-8(23)7-22/h4-5,8,23,25H,2-3,6-7H2,1H3,(H,21,24)/t8?,14-/m1/s1. The SMILES string of the molecule is C[C@@](O)(C(=O)Nc1ccc(S(=O)(=O)N2CCCC(O)C2)c(Cl)c1Cl)C(F)(F)F. The number of aliphatic hydroxyl groups is 2. The first kappa shape index (κ1) is 23.2. The zero-order valence-corrected chi connectivity index (χ0v) is 16.8. The fraction of sp³-hybridized carbons (Fsp3) is 0.533. The number of nitrogens with one attached hydrogen (secondary N) is 1. The van der Waals surface area contributed by atoms with Crippen LogP contribution in [0, 0.1) is 0 Å². The van der Waals surface area contributed by atoms with Gasteiger partial charge in [0.2, 0.25) is 15.6 Å². The lowest BCUT2D eigenvalue weighted by atomic mass is 10.1. The van der Waals surface area contributed by atoms with E-state index in [-0.39, 0.29) is 20.0 Å². The number of carbonyl (C=O) groups excluding carboxylic acids is 1. The molecule has 1 fully saturated rings. The summed E-state index contributed by atoms with van der Waals surface area (Å²) in [6.45, 7) is 0.280. The molecule has 1 amide bonds. The number of aliphatic hydroxyl groups excluding tert-OH is 1. The van der Waals surface area contributed by atoms with E-state index in [1.807, 2.05) is 0 Å². The van der Waals surface area contributed by atoms with Gasteiger partial charge in [0.05, 0.1) is 21.8 Å². The van der Waals surface area contributed by atoms with Crippen molar-refractivity contribution >= 4 is 44.8 Å². The van der Waals surface area contributed by atoms with Crippen LogP contribution in [0.3, 0.4) is 0 Å². The quantitative estimate of drug-likeness (QED) is 0.633. The molecule has 0 bridgehead atoms. The van der Waals surface area contributed by atoms with Crippen LogP contribution >= 0.6 is 23.2 Å². The molecule has 1 aromatic carbocycles. The van der Waals surface area contributed by atoms with E-state index < -0.39 is 54.4 Å². The first-order chi connectivity index (χ1) is 12.7. The summed E-state index contributed by atoms with van der Waals surface area (Å²) in [6, 6.07) is 1.94. The van der Waals surface area contributed by atoms with E-state index in [0.29, 0.717) is 12.8 Å². The van der Waals surface area contributed by atoms with Gasteiger partial charge < -0.3 is 15.5 Å². The van der Waals surface area contributed by atoms with Gasteiger partial charge in [0.15, 0.2) is 0 Å². The van der Waals surface area contributed by atoms with Crippen LogP contribution in [0.2, 0.25) is 10.0 Å². The number of hydrogen-bond acceptors (Lipinski definition) is 5. The monoisotopic (exact) mass is 464 g/mol. The number of sulfonamides is 1. The summed E-state index contributed by atoms with van der Waals surface area (Å²) in [5.41, 5.74) is -4.10. The maximum absolute atomic E-state index is 12.7. The van der Waals surface area contributed by atoms with Crippen LogP contribution in [0.5, 0.6) is 0 Å². The molecule has 0 aliphatic carbocycles. The predicted octanol–water partition coefficient (Wildman–Crippen LogP) is 2.39. The second kappa shape index (κ2) is 7.96. The maximum Gasteiger partial charge on any atom is 0.426 e. The van der Waals surface area contributed by atoms with Crippen molar-refractivity contribution in [3.05, 3.63) is 22.2 Å². The number of nitrogens with zero attached hydrogens (tertiary/aromatic N) is 1. The first-order valence-corrected chi connectivity index (χ1v) is 10.2. The predicted molar refractivity (Wildman–Crippen MR) is 95.8 cm³/mol. The molecule has 28 heavy (non-hydrogen) atoms. The van der Waals surface area contributed by atoms with Gasteiger partial charge in [-0.15, -0.1) is 0 Å². The highest BCUT2D eigenvalue weighted by Gasteiger charge is 2.55. The number of piperidine rings is 1. The Morgan fingerprint density at radius 3 is 2.43 bits per heavy atom. The number of carbonyl (C=O) groups is 1. The summed E-state index contributed by atoms with van der Waals surface area (Å²) in [6.07, 6.45) is -5.19. The number of β-amino-alcohol motifs (C(OH)–C–C–N with tert-alkyl or cyclic N) is 1. The summed E-state index contributed by atoms with van der Waals surface area (Å²) in [5.74, 6) is -1.81. The highest BCUT2D eigenvalue weighted by molar-refractivity contribution is 7.89. The third-order valence-corrected chi connectivity index (χ3v) is 7.17. The van der Waals surface area contributed by atoms with Crippen LogP contribution in [-0.4, -0.2) is 59.8 Å². The molecule has 0 spiro atoms. The summed E-state index contributed by atoms with van der Waals surface area (Å²) in [5, 5.41) is 19.8. The van der Waals surface area contributed by atoms with E-state index in [4.69, 9.17) is 23.2 Å². The molecule has 1 aliphatic heterocycles. The summed E-state index contributed by atoms with van der Waals surface area (Å²) in [4.78, 5) is 11.4. The lowest BCUT2D eigenvalue weighted by Gasteiger charge is -2.29. The second-order valence-corrected chi connectivity index (χ2v) is 9.08. The van der Waals surface area contributed by atoms with Crippen molar-refractivity contribution in [2.75, 3.05) is 18.4 Å². The van der Waals surface area contributed by atoms with Crippen LogP contribution in [0.1, 0.15) is 19.8 Å². The van der Waals surface area contributed by atoms with Crippen molar-refractivity contribution in [3.63, 3.8) is 0 Å². The van der Waals surface area contributed by atoms with Gasteiger partial charge in [-0.1, -0.05) is 23.2 Å². The molecule has 1 heterocycles. The Hall–Kier alpha value is -1.11. The van der Waals surface area contributed by atoms with Gasteiger partial charge in [-0.05, 0) is 31.9 Å². The van der Waals surface area contributed by atoms with Gasteiger partial charge in [-0.3, -0.25) is 4.79 Å². The summed E-state index contributed by atoms with van der Waals surface area (Å²) in [7, 11) is -4.13. The summed E-state index contributed by atoms with van der Waals surface area (Å²) < 4.78 is 64.7. The van der Waals surface area contributed by atoms with Crippen LogP contribution in [-0.2, 0) is 14.8 Å². The van der Waals surface area contributed by atoms with E-state index >= 15 is 0 Å². The van der Waals surface area contributed by atoms with E-state index in [2.05, 4.69) is 0 Å². The zero-order chi connectivity index (χ0) is 21.5. The molecule has 2 atom stereocenters. The summed E-state index contributed by atoms with van der Waals surface area (Å²) >= 11 is 11.9. The van der Waals surface area contributed by atoms with Gasteiger partial charge in [-0.2, -0.15) is 17.5 Å². The van der Waals surface area contributed by atoms with Gasteiger partial charge in [0, 0.05) is 13.1 Å². The van der Waals surface area contributed by atoms with Crippen LogP contribution in [0.15, 0.2) is 17.0 Å². The molecule has 0 radical (unpaired) electrons. The number of alkyl halides is 3. The van der Waals surface area contributed by atoms with Crippen molar-refractivity contribution in [2.24, 2.45) is 0 Å². The Labute approximate surface area is 169 Å². The molecule has 158 valence electrons. The van der Waals surface area contributed by atoms with Gasteiger partial charge in [-0.25, -0.2) is 8.42 Å². The number of rotatable bonds is 4. The molecule has 7 nitrogen and oxygen atoms in total. The van der Waals surface area contributed by atoms with Crippen molar-refractivity contribution in [3.8, 4) is 0 Å². The minimum absolute atomic E-state index is 0.136. The fourth-order valence-electron chi connectivity index (χ4n) is 2.48. The third-order valence-electron chi connectivity index (χ3n) is 4.27. The lowest BCUT2D eigenvalue weighted by Crippen LogP contribution is -2.52. The average molecular weight is 465 g/mol. The van der Waals surface area contributed by atoms with E-state index in [1.165, 1.54) is 0 Å². The molecule has 3 N–H and O–H groups in total. The zero-order valence-electron chi connectivity index (χ0n) is 14.4. The highest BCUT2D eigenvalue weighted by atomic mass is 35.5. The number of hydrogen-bond donors (Lipinski definition) is 3. The molecule has 1 saturated heterocycles. The number of amides is 1. The molecule has 2 rings (SSSR count). The van der Waals surface area contributed by atoms with E-state index in [1.54, 1.807) is 5.32 Å². The molecule has 1 aromatic rings. The average Bonchev–Trinajstić information content (AvgIpc) is 2.57. The highest BCUT2D eigenvalue weighted by Crippen LogP contribution is 2.38. The van der Waals surface area contributed by atoms with Crippen LogP contribution in [0.25, 0.3) is 0 Å². The molecule has 0 saturated carbocycles. The minimum Gasteiger partial charge on any atom is -0.392 e. The molecule has 1 aliphatic rings. The van der Waals surface area contributed by atoms with Crippen molar-refractivity contribution < 1.29 is 36.6 Å². The number of benzene rings is 1. The topological polar surface area (TPSA) is 107 Å². The van der Waals surface area contributed by atoms with Crippen molar-refractivity contribution in [1.82, 2.24) is 4.31 Å². The second-order valence-electron chi connectivity index (χ2n) is 6.42. The minimum atomic E-state index is -5.24. The molecular formula is C15H17Cl2F3N2O5S. The van der Waals surface area contributed by atoms with Gasteiger partial charge >= 0.3 is 6.18 Å². The van der Waals surface area contributed by atoms with Crippen molar-refractivity contribution in [2.45, 2.75) is 42.5 Å². The maximum atomic E-state index is 12.7. The van der Waals surface area contributed by atoms with E-state index in [0.717, 1.165) is 16.4 Å². The van der Waals surface area contributed by atoms with Gasteiger partial charge in [0.1, 0.15) is 4.90 Å². The molecule has 1 unspecified atom stereocenters. The Morgan fingerprint density at radius 1 is 1.29 bits per heavy atom. The van der Waals surface area contributed by atoms with Gasteiger partial charge in [0.25, 0.3) is 5.91 Å². The molecule has 13 heteroatoms. The largest absolute Gasteiger partial charge is 0.426 e. The van der Waals surface area contributed by atoms with Crippen molar-refractivity contribution in [1.29, 1.82) is 0 Å². The van der Waals surface area contributed by atoms with E-state index in [9.17, 15) is 36.6 Å². The molecule has 0 aromatic heterocycles. The Morgan fingerprint density at radius 2 is 1.89 bits per heavy atom. The number of anilines is 1. The van der Waals surface area contributed by atoms with Crippen LogP contribution in [0.4, 0.5) is 18.9 Å². The molecular weight excluding hydrogens is 448 g/mol. The Kier molecular flexibility index (Phi) is 6.59. The lowest BCUT2D eigenvalue weighted by molar-refractivity contribution is -0.242. The third kappa shape index (κ3) is 4.39.